The molecule has 11 heavy (non-hydrogen) atoms. The van der Waals surface area contributed by atoms with E-state index in [0.29, 0.717) is 5.92 Å². The van der Waals surface area contributed by atoms with Crippen molar-refractivity contribution in [1.82, 2.24) is 5.32 Å². The van der Waals surface area contributed by atoms with Gasteiger partial charge in [0.25, 0.3) is 0 Å². The molecule has 1 aliphatic rings. The van der Waals surface area contributed by atoms with E-state index >= 15 is 0 Å². The van der Waals surface area contributed by atoms with E-state index in [1.54, 1.807) is 0 Å². The first-order valence-corrected chi connectivity index (χ1v) is 4.46. The molecule has 0 aromatic carbocycles. The summed E-state index contributed by atoms with van der Waals surface area (Å²) in [5, 5.41) is 3.18. The molecule has 0 aromatic rings. The minimum atomic E-state index is 0.364. The van der Waals surface area contributed by atoms with Gasteiger partial charge < -0.3 is 10.1 Å². The Labute approximate surface area is 68.4 Å². The van der Waals surface area contributed by atoms with Gasteiger partial charge in [-0.2, -0.15) is 0 Å². The third-order valence-corrected chi connectivity index (χ3v) is 2.58. The van der Waals surface area contributed by atoms with Crippen molar-refractivity contribution in [2.45, 2.75) is 25.7 Å². The van der Waals surface area contributed by atoms with Crippen LogP contribution in [-0.4, -0.2) is 19.9 Å². The lowest BCUT2D eigenvalue weighted by atomic mass is 9.83. The fourth-order valence-corrected chi connectivity index (χ4v) is 1.82. The van der Waals surface area contributed by atoms with Crippen LogP contribution in [0.1, 0.15) is 25.7 Å². The van der Waals surface area contributed by atoms with Gasteiger partial charge in [0.05, 0.1) is 0 Å². The SMILES string of the molecule is CNCC1CCC(C=O)CC1. The van der Waals surface area contributed by atoms with Crippen LogP contribution >= 0.6 is 0 Å². The molecule has 0 saturated heterocycles. The summed E-state index contributed by atoms with van der Waals surface area (Å²) in [5.74, 6) is 1.18. The van der Waals surface area contributed by atoms with E-state index < -0.39 is 0 Å². The molecule has 0 radical (unpaired) electrons. The fourth-order valence-electron chi connectivity index (χ4n) is 1.82. The highest BCUT2D eigenvalue weighted by Gasteiger charge is 2.19. The zero-order chi connectivity index (χ0) is 8.10. The third-order valence-electron chi connectivity index (χ3n) is 2.58. The average molecular weight is 155 g/mol. The summed E-state index contributed by atoms with van der Waals surface area (Å²) in [7, 11) is 1.99. The van der Waals surface area contributed by atoms with E-state index in [1.807, 2.05) is 7.05 Å². The first kappa shape index (κ1) is 8.72. The lowest BCUT2D eigenvalue weighted by molar-refractivity contribution is -0.112. The Kier molecular flexibility index (Phi) is 3.57. The molecule has 0 bridgehead atoms. The largest absolute Gasteiger partial charge is 0.319 e. The zero-order valence-corrected chi connectivity index (χ0v) is 7.18. The number of carbonyl (C=O) groups excluding carboxylic acids is 1. The molecule has 0 amide bonds. The maximum Gasteiger partial charge on any atom is 0.123 e. The van der Waals surface area contributed by atoms with Gasteiger partial charge in [-0.1, -0.05) is 0 Å². The van der Waals surface area contributed by atoms with Crippen molar-refractivity contribution in [3.8, 4) is 0 Å². The van der Waals surface area contributed by atoms with Crippen LogP contribution in [0.4, 0.5) is 0 Å². The molecule has 64 valence electrons. The maximum atomic E-state index is 10.4. The van der Waals surface area contributed by atoms with Gasteiger partial charge in [0.15, 0.2) is 0 Å². The van der Waals surface area contributed by atoms with Crippen LogP contribution in [0, 0.1) is 11.8 Å². The molecular formula is C9H17NO. The summed E-state index contributed by atoms with van der Waals surface area (Å²) in [6.45, 7) is 1.12. The Hall–Kier alpha value is -0.370. The van der Waals surface area contributed by atoms with Gasteiger partial charge >= 0.3 is 0 Å². The van der Waals surface area contributed by atoms with Crippen LogP contribution in [0.2, 0.25) is 0 Å². The lowest BCUT2D eigenvalue weighted by Gasteiger charge is -2.24. The van der Waals surface area contributed by atoms with Crippen LogP contribution in [0.5, 0.6) is 0 Å². The van der Waals surface area contributed by atoms with Gasteiger partial charge in [0.2, 0.25) is 0 Å². The van der Waals surface area contributed by atoms with Crippen molar-refractivity contribution >= 4 is 6.29 Å². The summed E-state index contributed by atoms with van der Waals surface area (Å²) >= 11 is 0. The van der Waals surface area contributed by atoms with Crippen molar-refractivity contribution in [2.24, 2.45) is 11.8 Å². The van der Waals surface area contributed by atoms with Crippen molar-refractivity contribution in [1.29, 1.82) is 0 Å². The van der Waals surface area contributed by atoms with Crippen LogP contribution in [0.25, 0.3) is 0 Å². The second-order valence-electron chi connectivity index (χ2n) is 3.47. The van der Waals surface area contributed by atoms with Gasteiger partial charge in [0.1, 0.15) is 6.29 Å². The molecule has 0 aliphatic heterocycles. The van der Waals surface area contributed by atoms with Crippen LogP contribution < -0.4 is 5.32 Å². The standard InChI is InChI=1S/C9H17NO/c1-10-6-8-2-4-9(7-11)5-3-8/h7-10H,2-6H2,1H3. The Balaban J connectivity index is 2.18. The van der Waals surface area contributed by atoms with Gasteiger partial charge in [-0.05, 0) is 45.2 Å². The predicted molar refractivity (Wildman–Crippen MR) is 45.4 cm³/mol. The van der Waals surface area contributed by atoms with Crippen LogP contribution in [0.3, 0.4) is 0 Å². The van der Waals surface area contributed by atoms with Crippen molar-refractivity contribution in [3.05, 3.63) is 0 Å². The Morgan fingerprint density at radius 3 is 2.45 bits per heavy atom. The number of hydrogen-bond acceptors (Lipinski definition) is 2. The summed E-state index contributed by atoms with van der Waals surface area (Å²) in [5.41, 5.74) is 0. The quantitative estimate of drug-likeness (QED) is 0.621. The molecule has 0 heterocycles. The number of nitrogens with one attached hydrogen (secondary N) is 1. The lowest BCUT2D eigenvalue weighted by Crippen LogP contribution is -2.24. The van der Waals surface area contributed by atoms with Crippen molar-refractivity contribution in [2.75, 3.05) is 13.6 Å². The number of hydrogen-bond donors (Lipinski definition) is 1. The Bertz CT molecular complexity index is 117. The van der Waals surface area contributed by atoms with Gasteiger partial charge in [0, 0.05) is 5.92 Å². The highest BCUT2D eigenvalue weighted by Crippen LogP contribution is 2.26. The molecule has 0 unspecified atom stereocenters. The highest BCUT2D eigenvalue weighted by molar-refractivity contribution is 5.53. The van der Waals surface area contributed by atoms with E-state index in [2.05, 4.69) is 5.32 Å². The molecule has 0 aromatic heterocycles. The Morgan fingerprint density at radius 1 is 1.36 bits per heavy atom. The number of rotatable bonds is 3. The van der Waals surface area contributed by atoms with E-state index in [4.69, 9.17) is 0 Å². The molecule has 0 spiro atoms. The topological polar surface area (TPSA) is 29.1 Å². The fraction of sp³-hybridized carbons (Fsp3) is 0.889. The van der Waals surface area contributed by atoms with Crippen LogP contribution in [-0.2, 0) is 4.79 Å². The minimum Gasteiger partial charge on any atom is -0.319 e. The molecule has 1 rings (SSSR count). The monoisotopic (exact) mass is 155 g/mol. The molecule has 0 atom stereocenters. The van der Waals surface area contributed by atoms with E-state index in [9.17, 15) is 4.79 Å². The second kappa shape index (κ2) is 4.50. The van der Waals surface area contributed by atoms with E-state index in [0.717, 1.165) is 31.6 Å². The summed E-state index contributed by atoms with van der Waals surface area (Å²) in [6, 6.07) is 0. The maximum absolute atomic E-state index is 10.4. The molecule has 1 N–H and O–H groups in total. The molecule has 1 fully saturated rings. The van der Waals surface area contributed by atoms with Gasteiger partial charge in [-0.3, -0.25) is 0 Å². The van der Waals surface area contributed by atoms with E-state index in [-0.39, 0.29) is 0 Å². The zero-order valence-electron chi connectivity index (χ0n) is 7.18. The first-order valence-electron chi connectivity index (χ1n) is 4.46. The second-order valence-corrected chi connectivity index (χ2v) is 3.47. The number of carbonyl (C=O) groups is 1. The molecule has 1 aliphatic carbocycles. The highest BCUT2D eigenvalue weighted by atomic mass is 16.1. The molecule has 2 nitrogen and oxygen atoms in total. The minimum absolute atomic E-state index is 0.364. The summed E-state index contributed by atoms with van der Waals surface area (Å²) in [4.78, 5) is 10.4. The summed E-state index contributed by atoms with van der Waals surface area (Å²) < 4.78 is 0. The molecule has 2 heteroatoms. The van der Waals surface area contributed by atoms with E-state index in [1.165, 1.54) is 12.8 Å². The van der Waals surface area contributed by atoms with Gasteiger partial charge in [-0.25, -0.2) is 0 Å². The van der Waals surface area contributed by atoms with Crippen LogP contribution in [0.15, 0.2) is 0 Å². The molecular weight excluding hydrogens is 138 g/mol. The normalized spacial score (nSPS) is 31.7. The third kappa shape index (κ3) is 2.62. The summed E-state index contributed by atoms with van der Waals surface area (Å²) in [6.07, 6.45) is 5.79. The first-order chi connectivity index (χ1) is 5.36. The molecule has 1 saturated carbocycles. The van der Waals surface area contributed by atoms with Crippen molar-refractivity contribution < 1.29 is 4.79 Å². The average Bonchev–Trinajstić information content (AvgIpc) is 2.07. The number of aldehydes is 1. The predicted octanol–water partition coefficient (Wildman–Crippen LogP) is 1.21. The smallest absolute Gasteiger partial charge is 0.123 e. The van der Waals surface area contributed by atoms with Crippen molar-refractivity contribution in [3.63, 3.8) is 0 Å². The Morgan fingerprint density at radius 2 is 2.00 bits per heavy atom. The van der Waals surface area contributed by atoms with Gasteiger partial charge in [-0.15, -0.1) is 0 Å².